The zero-order chi connectivity index (χ0) is 13.9. The molecule has 1 aromatic rings. The Balaban J connectivity index is 1.80. The summed E-state index contributed by atoms with van der Waals surface area (Å²) in [6, 6.07) is 3.70. The largest absolute Gasteiger partial charge is 0.481 e. The van der Waals surface area contributed by atoms with Crippen molar-refractivity contribution in [1.82, 2.24) is 5.32 Å². The number of carbonyl (C=O) groups is 1. The molecular weight excluding hydrogens is 286 g/mol. The molecule has 1 saturated heterocycles. The van der Waals surface area contributed by atoms with Crippen LogP contribution >= 0.6 is 11.3 Å². The molecule has 1 aromatic heterocycles. The number of hydrogen-bond donors (Lipinski definition) is 2. The summed E-state index contributed by atoms with van der Waals surface area (Å²) in [4.78, 5) is 12.4. The Labute approximate surface area is 116 Å². The molecule has 0 saturated carbocycles. The molecule has 0 radical (unpaired) electrons. The van der Waals surface area contributed by atoms with Crippen molar-refractivity contribution in [3.63, 3.8) is 0 Å². The summed E-state index contributed by atoms with van der Waals surface area (Å²) < 4.78 is 23.3. The van der Waals surface area contributed by atoms with E-state index in [1.165, 1.54) is 11.3 Å². The maximum Gasteiger partial charge on any atom is 0.308 e. The molecule has 2 N–H and O–H groups in total. The van der Waals surface area contributed by atoms with Crippen LogP contribution in [0.1, 0.15) is 22.6 Å². The number of rotatable bonds is 6. The molecule has 1 aliphatic heterocycles. The molecule has 5 nitrogen and oxygen atoms in total. The van der Waals surface area contributed by atoms with E-state index >= 15 is 0 Å². The SMILES string of the molecule is O=C(O)Cc1ccc(CNCC2CCCS2(=O)=O)s1. The summed E-state index contributed by atoms with van der Waals surface area (Å²) >= 11 is 1.45. The van der Waals surface area contributed by atoms with Gasteiger partial charge in [0.2, 0.25) is 0 Å². The third-order valence-corrected chi connectivity index (χ3v) is 6.54. The number of carboxylic acid groups (broad SMARTS) is 1. The van der Waals surface area contributed by atoms with Crippen molar-refractivity contribution in [1.29, 1.82) is 0 Å². The van der Waals surface area contributed by atoms with Crippen molar-refractivity contribution in [3.05, 3.63) is 21.9 Å². The van der Waals surface area contributed by atoms with Crippen molar-refractivity contribution in [3.8, 4) is 0 Å². The molecule has 1 fully saturated rings. The molecule has 0 bridgehead atoms. The third-order valence-electron chi connectivity index (χ3n) is 3.18. The molecule has 0 spiro atoms. The molecule has 2 rings (SSSR count). The van der Waals surface area contributed by atoms with Gasteiger partial charge in [0.25, 0.3) is 0 Å². The zero-order valence-corrected chi connectivity index (χ0v) is 12.1. The number of carboxylic acids is 1. The summed E-state index contributed by atoms with van der Waals surface area (Å²) in [7, 11) is -2.89. The first-order chi connectivity index (χ1) is 8.97. The predicted molar refractivity (Wildman–Crippen MR) is 74.2 cm³/mol. The van der Waals surface area contributed by atoms with Gasteiger partial charge in [0, 0.05) is 22.8 Å². The standard InChI is InChI=1S/C12H17NO4S2/c14-12(15)6-9-3-4-10(18-9)7-13-8-11-2-1-5-19(11,16)17/h3-4,11,13H,1-2,5-8H2,(H,14,15). The van der Waals surface area contributed by atoms with Crippen LogP contribution in [0.5, 0.6) is 0 Å². The van der Waals surface area contributed by atoms with E-state index < -0.39 is 15.8 Å². The topological polar surface area (TPSA) is 83.5 Å². The van der Waals surface area contributed by atoms with Gasteiger partial charge in [0.15, 0.2) is 9.84 Å². The van der Waals surface area contributed by atoms with Crippen molar-refractivity contribution >= 4 is 27.1 Å². The average Bonchev–Trinajstić information content (AvgIpc) is 2.86. The van der Waals surface area contributed by atoms with E-state index in [1.54, 1.807) is 0 Å². The summed E-state index contributed by atoms with van der Waals surface area (Å²) in [6.07, 6.45) is 1.54. The fourth-order valence-corrected chi connectivity index (χ4v) is 4.98. The first-order valence-corrected chi connectivity index (χ1v) is 8.72. The lowest BCUT2D eigenvalue weighted by molar-refractivity contribution is -0.136. The highest BCUT2D eigenvalue weighted by atomic mass is 32.2. The molecule has 0 aliphatic carbocycles. The first-order valence-electron chi connectivity index (χ1n) is 6.19. The Hall–Kier alpha value is -0.920. The quantitative estimate of drug-likeness (QED) is 0.820. The number of sulfone groups is 1. The van der Waals surface area contributed by atoms with Gasteiger partial charge < -0.3 is 10.4 Å². The Morgan fingerprint density at radius 1 is 1.42 bits per heavy atom. The average molecular weight is 303 g/mol. The maximum absolute atomic E-state index is 11.6. The number of aliphatic carboxylic acids is 1. The molecule has 0 amide bonds. The van der Waals surface area contributed by atoms with Crippen molar-refractivity contribution in [2.75, 3.05) is 12.3 Å². The molecule has 0 aromatic carbocycles. The minimum atomic E-state index is -2.89. The lowest BCUT2D eigenvalue weighted by Gasteiger charge is -2.09. The number of hydrogen-bond acceptors (Lipinski definition) is 5. The third kappa shape index (κ3) is 4.02. The second-order valence-electron chi connectivity index (χ2n) is 4.70. The van der Waals surface area contributed by atoms with Gasteiger partial charge in [-0.2, -0.15) is 0 Å². The van der Waals surface area contributed by atoms with Crippen LogP contribution < -0.4 is 5.32 Å². The molecular formula is C12H17NO4S2. The van der Waals surface area contributed by atoms with Gasteiger partial charge in [-0.25, -0.2) is 8.42 Å². The first kappa shape index (κ1) is 14.5. The smallest absolute Gasteiger partial charge is 0.308 e. The molecule has 1 unspecified atom stereocenters. The monoisotopic (exact) mass is 303 g/mol. The Bertz CT molecular complexity index is 550. The van der Waals surface area contributed by atoms with E-state index in [0.29, 0.717) is 18.8 Å². The maximum atomic E-state index is 11.6. The fraction of sp³-hybridized carbons (Fsp3) is 0.583. The second-order valence-corrected chi connectivity index (χ2v) is 8.35. The highest BCUT2D eigenvalue weighted by molar-refractivity contribution is 7.92. The van der Waals surface area contributed by atoms with Crippen LogP contribution in [0.15, 0.2) is 12.1 Å². The van der Waals surface area contributed by atoms with Crippen LogP contribution in [-0.4, -0.2) is 37.0 Å². The second kappa shape index (κ2) is 6.02. The van der Waals surface area contributed by atoms with Crippen LogP contribution in [0.2, 0.25) is 0 Å². The van der Waals surface area contributed by atoms with E-state index in [9.17, 15) is 13.2 Å². The van der Waals surface area contributed by atoms with E-state index in [2.05, 4.69) is 5.32 Å². The molecule has 1 aliphatic rings. The normalized spacial score (nSPS) is 21.6. The van der Waals surface area contributed by atoms with E-state index in [1.807, 2.05) is 12.1 Å². The van der Waals surface area contributed by atoms with Crippen LogP contribution in [-0.2, 0) is 27.6 Å². The number of nitrogens with one attached hydrogen (secondary N) is 1. The van der Waals surface area contributed by atoms with Gasteiger partial charge in [-0.1, -0.05) is 0 Å². The lowest BCUT2D eigenvalue weighted by atomic mass is 10.2. The summed E-state index contributed by atoms with van der Waals surface area (Å²) in [5.41, 5.74) is 0. The predicted octanol–water partition coefficient (Wildman–Crippen LogP) is 1.04. The van der Waals surface area contributed by atoms with Crippen molar-refractivity contribution in [2.45, 2.75) is 31.1 Å². The Morgan fingerprint density at radius 3 is 2.79 bits per heavy atom. The fourth-order valence-electron chi connectivity index (χ4n) is 2.21. The van der Waals surface area contributed by atoms with Gasteiger partial charge in [0.05, 0.1) is 17.4 Å². The van der Waals surface area contributed by atoms with Gasteiger partial charge >= 0.3 is 5.97 Å². The summed E-state index contributed by atoms with van der Waals surface area (Å²) in [6.45, 7) is 1.07. The minimum absolute atomic E-state index is 0.0433. The molecule has 1 atom stereocenters. The van der Waals surface area contributed by atoms with Crippen molar-refractivity contribution < 1.29 is 18.3 Å². The highest BCUT2D eigenvalue weighted by Gasteiger charge is 2.30. The van der Waals surface area contributed by atoms with Crippen LogP contribution in [0, 0.1) is 0 Å². The lowest BCUT2D eigenvalue weighted by Crippen LogP contribution is -2.29. The van der Waals surface area contributed by atoms with Crippen LogP contribution in [0.3, 0.4) is 0 Å². The number of thiophene rings is 1. The van der Waals surface area contributed by atoms with Crippen LogP contribution in [0.4, 0.5) is 0 Å². The Morgan fingerprint density at radius 2 is 2.16 bits per heavy atom. The van der Waals surface area contributed by atoms with Crippen molar-refractivity contribution in [2.24, 2.45) is 0 Å². The summed E-state index contributed by atoms with van der Waals surface area (Å²) in [5, 5.41) is 11.6. The van der Waals surface area contributed by atoms with E-state index in [0.717, 1.165) is 22.6 Å². The molecule has 106 valence electrons. The minimum Gasteiger partial charge on any atom is -0.481 e. The highest BCUT2D eigenvalue weighted by Crippen LogP contribution is 2.20. The zero-order valence-electron chi connectivity index (χ0n) is 10.5. The van der Waals surface area contributed by atoms with Gasteiger partial charge in [0.1, 0.15) is 0 Å². The van der Waals surface area contributed by atoms with Gasteiger partial charge in [-0.3, -0.25) is 4.79 Å². The van der Waals surface area contributed by atoms with Gasteiger partial charge in [-0.05, 0) is 25.0 Å². The van der Waals surface area contributed by atoms with E-state index in [4.69, 9.17) is 5.11 Å². The van der Waals surface area contributed by atoms with E-state index in [-0.39, 0.29) is 11.7 Å². The summed E-state index contributed by atoms with van der Waals surface area (Å²) in [5.74, 6) is -0.528. The molecule has 7 heteroatoms. The Kier molecular flexibility index (Phi) is 4.59. The molecule has 2 heterocycles. The molecule has 19 heavy (non-hydrogen) atoms. The van der Waals surface area contributed by atoms with Crippen LogP contribution in [0.25, 0.3) is 0 Å². The van der Waals surface area contributed by atoms with Gasteiger partial charge in [-0.15, -0.1) is 11.3 Å².